The number of hydrogen-bond acceptors (Lipinski definition) is 2. The molecule has 2 nitrogen and oxygen atoms in total. The summed E-state index contributed by atoms with van der Waals surface area (Å²) in [5.41, 5.74) is 4.58. The predicted molar refractivity (Wildman–Crippen MR) is 83.9 cm³/mol. The second-order valence-electron chi connectivity index (χ2n) is 5.17. The van der Waals surface area contributed by atoms with Gasteiger partial charge in [-0.1, -0.05) is 50.3 Å². The topological polar surface area (TPSA) is 38.0 Å². The third kappa shape index (κ3) is 3.68. The molecule has 0 aliphatic carbocycles. The molecule has 0 radical (unpaired) electrons. The van der Waals surface area contributed by atoms with E-state index >= 15 is 0 Å². The number of hydrazine groups is 1. The molecule has 3 N–H and O–H groups in total. The number of nitrogens with two attached hydrogens (primary N) is 1. The van der Waals surface area contributed by atoms with E-state index in [0.717, 1.165) is 32.1 Å². The summed E-state index contributed by atoms with van der Waals surface area (Å²) >= 11 is 0. The zero-order chi connectivity index (χ0) is 14.1. The highest BCUT2D eigenvalue weighted by Crippen LogP contribution is 2.36. The second kappa shape index (κ2) is 8.13. The molecule has 19 heavy (non-hydrogen) atoms. The number of unbranched alkanes of at least 4 members (excludes halogenated alkanes) is 1. The first-order valence-corrected chi connectivity index (χ1v) is 7.37. The lowest BCUT2D eigenvalue weighted by atomic mass is 9.69. The van der Waals surface area contributed by atoms with Crippen molar-refractivity contribution in [3.63, 3.8) is 0 Å². The van der Waals surface area contributed by atoms with Crippen molar-refractivity contribution in [1.29, 1.82) is 0 Å². The fourth-order valence-corrected chi connectivity index (χ4v) is 3.11. The van der Waals surface area contributed by atoms with Gasteiger partial charge >= 0.3 is 0 Å². The van der Waals surface area contributed by atoms with Gasteiger partial charge in [-0.05, 0) is 37.7 Å². The van der Waals surface area contributed by atoms with Gasteiger partial charge in [0.25, 0.3) is 0 Å². The lowest BCUT2D eigenvalue weighted by Crippen LogP contribution is -2.50. The summed E-state index contributed by atoms with van der Waals surface area (Å²) in [6.07, 6.45) is 7.44. The molecule has 1 aromatic rings. The van der Waals surface area contributed by atoms with E-state index in [0.29, 0.717) is 6.04 Å². The van der Waals surface area contributed by atoms with Crippen LogP contribution in [0.4, 0.5) is 0 Å². The van der Waals surface area contributed by atoms with Crippen LogP contribution in [0, 0.1) is 0 Å². The molecule has 0 saturated carbocycles. The molecule has 106 valence electrons. The predicted octanol–water partition coefficient (Wildman–Crippen LogP) is 3.93. The third-order valence-electron chi connectivity index (χ3n) is 4.38. The largest absolute Gasteiger partial charge is 0.271 e. The zero-order valence-corrected chi connectivity index (χ0v) is 12.4. The molecule has 0 saturated heterocycles. The van der Waals surface area contributed by atoms with Crippen LogP contribution in [0.1, 0.15) is 51.5 Å². The molecule has 1 atom stereocenters. The Balaban J connectivity index is 2.98. The average molecular weight is 260 g/mol. The van der Waals surface area contributed by atoms with E-state index in [1.54, 1.807) is 0 Å². The number of allylic oxidation sites excluding steroid dienone is 1. The van der Waals surface area contributed by atoms with E-state index in [1.807, 2.05) is 6.08 Å². The SMILES string of the molecule is C=CCCCC(NN)C(CC)(CC)c1ccccc1. The highest BCUT2D eigenvalue weighted by Gasteiger charge is 2.36. The van der Waals surface area contributed by atoms with Gasteiger partial charge in [-0.2, -0.15) is 0 Å². The molecule has 0 fully saturated rings. The summed E-state index contributed by atoms with van der Waals surface area (Å²) in [7, 11) is 0. The van der Waals surface area contributed by atoms with Crippen molar-refractivity contribution in [2.24, 2.45) is 5.84 Å². The molecule has 1 unspecified atom stereocenters. The summed E-state index contributed by atoms with van der Waals surface area (Å²) < 4.78 is 0. The molecule has 0 spiro atoms. The van der Waals surface area contributed by atoms with Gasteiger partial charge in [0.2, 0.25) is 0 Å². The summed E-state index contributed by atoms with van der Waals surface area (Å²) in [5.74, 6) is 5.85. The third-order valence-corrected chi connectivity index (χ3v) is 4.38. The van der Waals surface area contributed by atoms with E-state index in [-0.39, 0.29) is 5.41 Å². The standard InChI is InChI=1S/C17H28N2/c1-4-7-9-14-16(19-18)17(5-2,6-3)15-12-10-8-11-13-15/h4,8,10-13,16,19H,1,5-7,9,14,18H2,2-3H3. The summed E-state index contributed by atoms with van der Waals surface area (Å²) in [4.78, 5) is 0. The van der Waals surface area contributed by atoms with Crippen LogP contribution in [0.15, 0.2) is 43.0 Å². The lowest BCUT2D eigenvalue weighted by molar-refractivity contribution is 0.256. The minimum Gasteiger partial charge on any atom is -0.271 e. The molecule has 0 aliphatic heterocycles. The maximum Gasteiger partial charge on any atom is 0.0307 e. The molecule has 0 aliphatic rings. The van der Waals surface area contributed by atoms with E-state index in [9.17, 15) is 0 Å². The summed E-state index contributed by atoms with van der Waals surface area (Å²) in [6.45, 7) is 8.31. The van der Waals surface area contributed by atoms with Crippen LogP contribution in [-0.2, 0) is 5.41 Å². The van der Waals surface area contributed by atoms with Crippen LogP contribution in [0.5, 0.6) is 0 Å². The normalized spacial score (nSPS) is 13.2. The maximum atomic E-state index is 5.85. The van der Waals surface area contributed by atoms with Gasteiger partial charge in [-0.3, -0.25) is 11.3 Å². The highest BCUT2D eigenvalue weighted by molar-refractivity contribution is 5.27. The Bertz CT molecular complexity index is 355. The van der Waals surface area contributed by atoms with E-state index in [2.05, 4.69) is 56.2 Å². The first-order valence-electron chi connectivity index (χ1n) is 7.37. The van der Waals surface area contributed by atoms with Gasteiger partial charge in [0.05, 0.1) is 0 Å². The quantitative estimate of drug-likeness (QED) is 0.305. The van der Waals surface area contributed by atoms with Gasteiger partial charge in [0, 0.05) is 11.5 Å². The molecule has 2 heteroatoms. The van der Waals surface area contributed by atoms with E-state index in [4.69, 9.17) is 5.84 Å². The van der Waals surface area contributed by atoms with Gasteiger partial charge in [0.1, 0.15) is 0 Å². The fourth-order valence-electron chi connectivity index (χ4n) is 3.11. The van der Waals surface area contributed by atoms with Crippen LogP contribution in [0.2, 0.25) is 0 Å². The summed E-state index contributed by atoms with van der Waals surface area (Å²) in [6, 6.07) is 11.1. The Labute approximate surface area is 118 Å². The van der Waals surface area contributed by atoms with Gasteiger partial charge in [-0.15, -0.1) is 6.58 Å². The Kier molecular flexibility index (Phi) is 6.82. The van der Waals surface area contributed by atoms with Crippen LogP contribution < -0.4 is 11.3 Å². The monoisotopic (exact) mass is 260 g/mol. The zero-order valence-electron chi connectivity index (χ0n) is 12.4. The van der Waals surface area contributed by atoms with Gasteiger partial charge in [-0.25, -0.2) is 0 Å². The van der Waals surface area contributed by atoms with Gasteiger partial charge in [0.15, 0.2) is 0 Å². The molecular weight excluding hydrogens is 232 g/mol. The highest BCUT2D eigenvalue weighted by atomic mass is 15.2. The van der Waals surface area contributed by atoms with Gasteiger partial charge < -0.3 is 0 Å². The van der Waals surface area contributed by atoms with E-state index in [1.165, 1.54) is 5.56 Å². The molecular formula is C17H28N2. The van der Waals surface area contributed by atoms with Crippen LogP contribution >= 0.6 is 0 Å². The van der Waals surface area contributed by atoms with Crippen LogP contribution in [-0.4, -0.2) is 6.04 Å². The number of hydrogen-bond donors (Lipinski definition) is 2. The first kappa shape index (κ1) is 15.9. The molecule has 0 heterocycles. The smallest absolute Gasteiger partial charge is 0.0307 e. The van der Waals surface area contributed by atoms with Crippen LogP contribution in [0.25, 0.3) is 0 Å². The number of benzene rings is 1. The van der Waals surface area contributed by atoms with Crippen molar-refractivity contribution >= 4 is 0 Å². The van der Waals surface area contributed by atoms with Crippen molar-refractivity contribution in [3.8, 4) is 0 Å². The fraction of sp³-hybridized carbons (Fsp3) is 0.529. The average Bonchev–Trinajstić information content (AvgIpc) is 2.48. The summed E-state index contributed by atoms with van der Waals surface area (Å²) in [5, 5.41) is 0. The van der Waals surface area contributed by atoms with Crippen molar-refractivity contribution in [2.45, 2.75) is 57.4 Å². The number of nitrogens with one attached hydrogen (secondary N) is 1. The second-order valence-corrected chi connectivity index (χ2v) is 5.17. The first-order chi connectivity index (χ1) is 9.25. The van der Waals surface area contributed by atoms with Crippen molar-refractivity contribution < 1.29 is 0 Å². The lowest BCUT2D eigenvalue weighted by Gasteiger charge is -2.40. The van der Waals surface area contributed by atoms with E-state index < -0.39 is 0 Å². The molecule has 1 rings (SSSR count). The molecule has 0 amide bonds. The minimum absolute atomic E-state index is 0.122. The Morgan fingerprint density at radius 3 is 2.37 bits per heavy atom. The molecule has 1 aromatic carbocycles. The van der Waals surface area contributed by atoms with Crippen molar-refractivity contribution in [3.05, 3.63) is 48.6 Å². The Morgan fingerprint density at radius 1 is 1.26 bits per heavy atom. The Hall–Kier alpha value is -1.12. The van der Waals surface area contributed by atoms with Crippen molar-refractivity contribution in [1.82, 2.24) is 5.43 Å². The maximum absolute atomic E-state index is 5.85. The number of rotatable bonds is 9. The van der Waals surface area contributed by atoms with Crippen molar-refractivity contribution in [2.75, 3.05) is 0 Å². The Morgan fingerprint density at radius 2 is 1.89 bits per heavy atom. The molecule has 0 aromatic heterocycles. The van der Waals surface area contributed by atoms with Crippen LogP contribution in [0.3, 0.4) is 0 Å². The minimum atomic E-state index is 0.122. The molecule has 0 bridgehead atoms.